The van der Waals surface area contributed by atoms with Crippen LogP contribution in [0.25, 0.3) is 0 Å². The maximum absolute atomic E-state index is 16.7. The average molecular weight is 362 g/mol. The first-order chi connectivity index (χ1) is 3.61. The monoisotopic (exact) mass is 362 g/mol. The Balaban J connectivity index is 7.26. The third-order valence-electron chi connectivity index (χ3n) is 0.213. The zero-order valence-corrected chi connectivity index (χ0v) is 7.53. The third-order valence-corrected chi connectivity index (χ3v) is 1.74. The molecule has 0 aliphatic rings. The van der Waals surface area contributed by atoms with Crippen LogP contribution in [0.4, 0.5) is 22.7 Å². The van der Waals surface area contributed by atoms with Crippen molar-refractivity contribution < 1.29 is 46.8 Å². The molecular weight excluding hydrogens is 362 g/mol. The van der Waals surface area contributed by atoms with Gasteiger partial charge < -0.3 is 0 Å². The molecule has 0 amide bonds. The van der Waals surface area contributed by atoms with Crippen LogP contribution >= 0.6 is 0 Å². The van der Waals surface area contributed by atoms with Crippen molar-refractivity contribution >= 4 is 0 Å². The molecule has 0 aliphatic carbocycles. The van der Waals surface area contributed by atoms with Crippen LogP contribution in [-0.4, -0.2) is 0 Å². The number of halogens is 7. The van der Waals surface area contributed by atoms with Gasteiger partial charge in [-0.15, -0.1) is 0 Å². The second kappa shape index (κ2) is 0.562. The van der Waals surface area contributed by atoms with E-state index >= 15 is 0 Å². The molecule has 0 radical (unpaired) electrons. The van der Waals surface area contributed by atoms with E-state index in [0.29, 0.717) is 0 Å². The van der Waals surface area contributed by atoms with Crippen LogP contribution in [0.1, 0.15) is 0 Å². The van der Waals surface area contributed by atoms with Gasteiger partial charge in [-0.2, -0.15) is 0 Å². The van der Waals surface area contributed by atoms with Gasteiger partial charge in [0.2, 0.25) is 0 Å². The predicted octanol–water partition coefficient (Wildman–Crippen LogP) is 2.63. The van der Waals surface area contributed by atoms with Crippen LogP contribution < -0.4 is 0 Å². The van der Waals surface area contributed by atoms with Gasteiger partial charge in [-0.05, 0) is 0 Å². The van der Waals surface area contributed by atoms with Gasteiger partial charge in [-0.1, -0.05) is 0 Å². The van der Waals surface area contributed by atoms with Crippen molar-refractivity contribution in [2.75, 3.05) is 0 Å². The van der Waals surface area contributed by atoms with Crippen molar-refractivity contribution in [2.24, 2.45) is 0 Å². The summed E-state index contributed by atoms with van der Waals surface area (Å²) in [5.41, 5.74) is 0. The van der Waals surface area contributed by atoms with Crippen LogP contribution in [0.3, 0.4) is 0 Å². The number of rotatable bonds is 1. The fraction of sp³-hybridized carbons (Fsp3) is 0. The number of hydrogen-bond donors (Lipinski definition) is 0. The van der Waals surface area contributed by atoms with Crippen molar-refractivity contribution in [3.05, 3.63) is 0 Å². The fourth-order valence-electron chi connectivity index (χ4n) is 0. The molecule has 0 aromatic heterocycles. The molecule has 3 nitrogen and oxygen atoms in total. The summed E-state index contributed by atoms with van der Waals surface area (Å²) < 4.78 is 90.4. The fourth-order valence-corrected chi connectivity index (χ4v) is 0. The molecular formula is F7O3Ta. The first kappa shape index (κ1) is 10.8. The molecule has 0 unspecified atom stereocenters. The van der Waals surface area contributed by atoms with Crippen molar-refractivity contribution in [1.82, 2.24) is 0 Å². The maximum atomic E-state index is 10.7. The van der Waals surface area contributed by atoms with Crippen molar-refractivity contribution in [2.45, 2.75) is 0 Å². The Morgan fingerprint density at radius 1 is 0.818 bits per heavy atom. The molecule has 0 N–H and O–H groups in total. The van der Waals surface area contributed by atoms with Gasteiger partial charge in [0.1, 0.15) is 0 Å². The molecule has 0 aromatic rings. The summed E-state index contributed by atoms with van der Waals surface area (Å²) in [4.78, 5) is 0. The first-order valence-corrected chi connectivity index (χ1v) is 12.9. The normalized spacial score (nSPS) is 32.8. The van der Waals surface area contributed by atoms with E-state index in [1.165, 1.54) is 0 Å². The summed E-state index contributed by atoms with van der Waals surface area (Å²) in [6, 6.07) is 0. The summed E-state index contributed by atoms with van der Waals surface area (Å²) in [5.74, 6) is 0. The van der Waals surface area contributed by atoms with E-state index in [1.807, 2.05) is 0 Å². The topological polar surface area (TPSA) is 43.4 Å². The van der Waals surface area contributed by atoms with Gasteiger partial charge in [0.15, 0.2) is 0 Å². The molecule has 0 bridgehead atoms. The van der Waals surface area contributed by atoms with E-state index in [4.69, 9.17) is 6.50 Å². The summed E-state index contributed by atoms with van der Waals surface area (Å²) in [7, 11) is 0. The first-order valence-electron chi connectivity index (χ1n) is 1.72. The summed E-state index contributed by atoms with van der Waals surface area (Å²) in [6.45, 7) is 0. The van der Waals surface area contributed by atoms with E-state index < -0.39 is 17.6 Å². The SMILES string of the molecule is [O]=[Ta](=[O])([F])([F])([F])([F])([F])([F])[O]F. The molecule has 0 spiro atoms. The molecule has 0 atom stereocenters. The van der Waals surface area contributed by atoms with Gasteiger partial charge >= 0.3 is 46.8 Å². The minimum absolute atomic E-state index is 0.571. The molecule has 0 saturated heterocycles. The Labute approximate surface area is 47.6 Å². The van der Waals surface area contributed by atoms with Crippen molar-refractivity contribution in [3.63, 3.8) is 0 Å². The Morgan fingerprint density at radius 3 is 0.909 bits per heavy atom. The summed E-state index contributed by atoms with van der Waals surface area (Å²) in [5, 5.41) is 0. The Hall–Kier alpha value is -0.190. The molecule has 0 fully saturated rings. The summed E-state index contributed by atoms with van der Waals surface area (Å²) >= 11 is -16.7. The van der Waals surface area contributed by atoms with Crippen LogP contribution in [0.2, 0.25) is 0 Å². The van der Waals surface area contributed by atoms with Gasteiger partial charge in [-0.3, -0.25) is 0 Å². The second-order valence-electron chi connectivity index (χ2n) is 2.49. The van der Waals surface area contributed by atoms with Crippen LogP contribution in [0, 0.1) is 0 Å². The van der Waals surface area contributed by atoms with Gasteiger partial charge in [0.05, 0.1) is 0 Å². The Kier molecular flexibility index (Phi) is 0.552. The van der Waals surface area contributed by atoms with E-state index in [2.05, 4.69) is 0 Å². The Morgan fingerprint density at radius 2 is 0.909 bits per heavy atom. The van der Waals surface area contributed by atoms with Crippen molar-refractivity contribution in [1.29, 1.82) is 0 Å². The van der Waals surface area contributed by atoms with Gasteiger partial charge in [0.25, 0.3) is 0 Å². The molecule has 0 aromatic carbocycles. The molecule has 11 heteroatoms. The zero-order valence-electron chi connectivity index (χ0n) is 4.32. The molecule has 11 heavy (non-hydrogen) atoms. The molecule has 0 saturated carbocycles. The Bertz CT molecular complexity index is 462. The second-order valence-corrected chi connectivity index (χ2v) is 20.4. The van der Waals surface area contributed by atoms with Gasteiger partial charge in [-0.25, -0.2) is 0 Å². The van der Waals surface area contributed by atoms with Crippen molar-refractivity contribution in [3.8, 4) is 0 Å². The summed E-state index contributed by atoms with van der Waals surface area (Å²) in [6.07, 6.45) is 0. The average Bonchev–Trinajstić information content (AvgIpc) is 1.24. The number of hydrogen-bond acceptors (Lipinski definition) is 3. The van der Waals surface area contributed by atoms with E-state index in [1.54, 1.807) is 0 Å². The predicted molar refractivity (Wildman–Crippen MR) is 10.2 cm³/mol. The molecule has 0 heterocycles. The van der Waals surface area contributed by atoms with Crippen LogP contribution in [-0.2, 0) is 24.1 Å². The minimum atomic E-state index is -16.7. The standard InChI is InChI=1S/FO.6FH.2O.Ta/c1-2;;;;;;;;;/h;6*1H;;;/q-1;;;;;;;;;+7/p-6. The molecule has 0 aliphatic heterocycles. The zero-order chi connectivity index (χ0) is 10.0. The van der Waals surface area contributed by atoms with Gasteiger partial charge in [0, 0.05) is 0 Å². The van der Waals surface area contributed by atoms with E-state index in [-0.39, 0.29) is 0 Å². The quantitative estimate of drug-likeness (QED) is 0.674. The molecule has 72 valence electrons. The van der Waals surface area contributed by atoms with E-state index in [9.17, 15) is 22.7 Å². The third kappa shape index (κ3) is 9.81. The van der Waals surface area contributed by atoms with E-state index in [0.717, 1.165) is 0 Å². The van der Waals surface area contributed by atoms with Crippen LogP contribution in [0.5, 0.6) is 0 Å². The molecule has 0 rings (SSSR count). The van der Waals surface area contributed by atoms with Crippen LogP contribution in [0.15, 0.2) is 0 Å².